The van der Waals surface area contributed by atoms with E-state index in [2.05, 4.69) is 4.99 Å². The molecule has 0 bridgehead atoms. The Hall–Kier alpha value is -1.88. The minimum absolute atomic E-state index is 0.0645. The number of aliphatic hydroxyl groups excluding tert-OH is 1. The Bertz CT molecular complexity index is 581. The molecule has 0 heterocycles. The van der Waals surface area contributed by atoms with Crippen LogP contribution < -0.4 is 0 Å². The van der Waals surface area contributed by atoms with Crippen LogP contribution in [0.3, 0.4) is 0 Å². The second-order valence-corrected chi connectivity index (χ2v) is 6.42. The lowest BCUT2D eigenvalue weighted by molar-refractivity contribution is -0.117. The summed E-state index contributed by atoms with van der Waals surface area (Å²) >= 11 is 0. The largest absolute Gasteiger partial charge is 0.511 e. The van der Waals surface area contributed by atoms with Crippen molar-refractivity contribution in [3.63, 3.8) is 0 Å². The second-order valence-electron chi connectivity index (χ2n) is 6.42. The average Bonchev–Trinajstić information content (AvgIpc) is 2.44. The molecule has 0 aromatic heterocycles. The number of hydrogen-bond acceptors (Lipinski definition) is 5. The monoisotopic (exact) mass is 305 g/mol. The van der Waals surface area contributed by atoms with Crippen molar-refractivity contribution in [1.82, 2.24) is 0 Å². The maximum absolute atomic E-state index is 12.1. The summed E-state index contributed by atoms with van der Waals surface area (Å²) in [7, 11) is 3.22. The van der Waals surface area contributed by atoms with Crippen LogP contribution in [-0.2, 0) is 14.3 Å². The Morgan fingerprint density at radius 2 is 2.05 bits per heavy atom. The Labute approximate surface area is 131 Å². The smallest absolute Gasteiger partial charge is 0.168 e. The van der Waals surface area contributed by atoms with Gasteiger partial charge in [-0.15, -0.1) is 0 Å². The minimum atomic E-state index is -0.195. The van der Waals surface area contributed by atoms with Crippen LogP contribution in [0.5, 0.6) is 0 Å². The van der Waals surface area contributed by atoms with E-state index in [1.807, 2.05) is 26.0 Å². The van der Waals surface area contributed by atoms with E-state index in [0.717, 1.165) is 11.5 Å². The fourth-order valence-electron chi connectivity index (χ4n) is 2.73. The minimum Gasteiger partial charge on any atom is -0.511 e. The Morgan fingerprint density at radius 3 is 2.64 bits per heavy atom. The van der Waals surface area contributed by atoms with E-state index in [0.29, 0.717) is 24.8 Å². The van der Waals surface area contributed by atoms with Crippen LogP contribution in [0.2, 0.25) is 0 Å². The van der Waals surface area contributed by atoms with E-state index in [4.69, 9.17) is 9.47 Å². The lowest BCUT2D eigenvalue weighted by Crippen LogP contribution is -2.26. The number of carbonyl (C=O) groups is 1. The number of hydrogen-bond donors (Lipinski definition) is 1. The van der Waals surface area contributed by atoms with Crippen molar-refractivity contribution in [2.45, 2.75) is 39.2 Å². The van der Waals surface area contributed by atoms with Crippen LogP contribution >= 0.6 is 0 Å². The second kappa shape index (κ2) is 6.48. The van der Waals surface area contributed by atoms with E-state index in [9.17, 15) is 9.90 Å². The first-order chi connectivity index (χ1) is 10.4. The molecule has 2 rings (SSSR count). The SMILES string of the molecule is COC1=CC=C(N=CC2=C(O)CC(C)(C)CC2=O)CC1OC. The average molecular weight is 305 g/mol. The first kappa shape index (κ1) is 16.5. The third kappa shape index (κ3) is 3.65. The summed E-state index contributed by atoms with van der Waals surface area (Å²) < 4.78 is 10.6. The Balaban J connectivity index is 2.17. The highest BCUT2D eigenvalue weighted by atomic mass is 16.5. The van der Waals surface area contributed by atoms with Gasteiger partial charge in [-0.3, -0.25) is 9.79 Å². The number of ketones is 1. The van der Waals surface area contributed by atoms with Gasteiger partial charge in [0.1, 0.15) is 17.6 Å². The van der Waals surface area contributed by atoms with Crippen LogP contribution in [0.1, 0.15) is 33.1 Å². The summed E-state index contributed by atoms with van der Waals surface area (Å²) in [6.07, 6.45) is 6.42. The van der Waals surface area contributed by atoms with Crippen molar-refractivity contribution < 1.29 is 19.4 Å². The molecule has 0 spiro atoms. The highest BCUT2D eigenvalue weighted by Gasteiger charge is 2.32. The van der Waals surface area contributed by atoms with Gasteiger partial charge >= 0.3 is 0 Å². The van der Waals surface area contributed by atoms with Gasteiger partial charge in [0.05, 0.1) is 12.7 Å². The first-order valence-corrected chi connectivity index (χ1v) is 7.33. The summed E-state index contributed by atoms with van der Waals surface area (Å²) in [5.41, 5.74) is 0.904. The molecule has 1 unspecified atom stereocenters. The summed E-state index contributed by atoms with van der Waals surface area (Å²) in [6.45, 7) is 3.94. The fourth-order valence-corrected chi connectivity index (χ4v) is 2.73. The standard InChI is InChI=1S/C17H23NO4/c1-17(2)8-13(19)12(14(20)9-17)10-18-11-5-6-15(21-3)16(7-11)22-4/h5-6,10,16,19H,7-9H2,1-4H3. The number of nitrogens with zero attached hydrogens (tertiary/aromatic N) is 1. The summed E-state index contributed by atoms with van der Waals surface area (Å²) in [6, 6.07) is 0. The van der Waals surface area contributed by atoms with Crippen LogP contribution in [0.4, 0.5) is 0 Å². The van der Waals surface area contributed by atoms with Gasteiger partial charge in [0.2, 0.25) is 0 Å². The van der Waals surface area contributed by atoms with Gasteiger partial charge in [0.25, 0.3) is 0 Å². The Kier molecular flexibility index (Phi) is 4.86. The summed E-state index contributed by atoms with van der Waals surface area (Å²) in [4.78, 5) is 16.5. The van der Waals surface area contributed by atoms with Crippen molar-refractivity contribution in [1.29, 1.82) is 0 Å². The lowest BCUT2D eigenvalue weighted by Gasteiger charge is -2.28. The summed E-state index contributed by atoms with van der Waals surface area (Å²) in [5.74, 6) is 0.808. The highest BCUT2D eigenvalue weighted by molar-refractivity contribution is 6.14. The maximum Gasteiger partial charge on any atom is 0.168 e. The molecule has 0 amide bonds. The van der Waals surface area contributed by atoms with Gasteiger partial charge in [-0.1, -0.05) is 13.8 Å². The van der Waals surface area contributed by atoms with Gasteiger partial charge in [0.15, 0.2) is 5.78 Å². The number of Topliss-reactive ketones (excluding diaryl/α,β-unsaturated/α-hetero) is 1. The topological polar surface area (TPSA) is 68.1 Å². The maximum atomic E-state index is 12.1. The summed E-state index contributed by atoms with van der Waals surface area (Å²) in [5, 5.41) is 10.1. The molecule has 0 aromatic rings. The van der Waals surface area contributed by atoms with Gasteiger partial charge in [-0.05, 0) is 17.6 Å². The molecule has 1 atom stereocenters. The number of methoxy groups -OCH3 is 2. The van der Waals surface area contributed by atoms with Gasteiger partial charge in [-0.25, -0.2) is 0 Å². The molecule has 0 aromatic carbocycles. The van der Waals surface area contributed by atoms with Crippen molar-refractivity contribution in [2.24, 2.45) is 10.4 Å². The van der Waals surface area contributed by atoms with E-state index < -0.39 is 0 Å². The van der Waals surface area contributed by atoms with Crippen molar-refractivity contribution >= 4 is 12.0 Å². The number of aliphatic imine (C=N–C) groups is 1. The Morgan fingerprint density at radius 1 is 1.32 bits per heavy atom. The van der Waals surface area contributed by atoms with Crippen molar-refractivity contribution in [3.8, 4) is 0 Å². The van der Waals surface area contributed by atoms with E-state index >= 15 is 0 Å². The third-order valence-electron chi connectivity index (χ3n) is 3.93. The number of ether oxygens (including phenoxy) is 2. The predicted molar refractivity (Wildman–Crippen MR) is 84.8 cm³/mol. The predicted octanol–water partition coefficient (Wildman–Crippen LogP) is 3.09. The number of rotatable bonds is 4. The molecule has 22 heavy (non-hydrogen) atoms. The third-order valence-corrected chi connectivity index (χ3v) is 3.93. The number of allylic oxidation sites excluding steroid dienone is 4. The zero-order valence-corrected chi connectivity index (χ0v) is 13.5. The molecular formula is C17H23NO4. The van der Waals surface area contributed by atoms with Crippen LogP contribution in [0.15, 0.2) is 39.9 Å². The van der Waals surface area contributed by atoms with Crippen molar-refractivity contribution in [3.05, 3.63) is 34.9 Å². The molecule has 0 radical (unpaired) electrons. The number of aliphatic hydroxyl groups is 1. The van der Waals surface area contributed by atoms with Crippen LogP contribution in [0, 0.1) is 5.41 Å². The zero-order valence-electron chi connectivity index (χ0n) is 13.5. The van der Waals surface area contributed by atoms with E-state index in [-0.39, 0.29) is 23.1 Å². The molecule has 2 aliphatic rings. The molecule has 5 nitrogen and oxygen atoms in total. The van der Waals surface area contributed by atoms with Crippen LogP contribution in [0.25, 0.3) is 0 Å². The number of carbonyl (C=O) groups excluding carboxylic acids is 1. The molecule has 120 valence electrons. The quantitative estimate of drug-likeness (QED) is 0.810. The van der Waals surface area contributed by atoms with Gasteiger partial charge in [-0.2, -0.15) is 0 Å². The zero-order chi connectivity index (χ0) is 16.3. The molecule has 0 saturated carbocycles. The molecule has 1 N–H and O–H groups in total. The molecule has 0 saturated heterocycles. The fraction of sp³-hybridized carbons (Fsp3) is 0.529. The normalized spacial score (nSPS) is 25.3. The molecule has 0 aliphatic heterocycles. The van der Waals surface area contributed by atoms with E-state index in [1.165, 1.54) is 6.21 Å². The van der Waals surface area contributed by atoms with Crippen LogP contribution in [-0.4, -0.2) is 37.4 Å². The van der Waals surface area contributed by atoms with Crippen molar-refractivity contribution in [2.75, 3.05) is 14.2 Å². The van der Waals surface area contributed by atoms with Gasteiger partial charge in [0, 0.05) is 38.3 Å². The highest BCUT2D eigenvalue weighted by Crippen LogP contribution is 2.35. The molecule has 0 fully saturated rings. The lowest BCUT2D eigenvalue weighted by atomic mass is 9.77. The van der Waals surface area contributed by atoms with Gasteiger partial charge < -0.3 is 14.6 Å². The van der Waals surface area contributed by atoms with E-state index in [1.54, 1.807) is 14.2 Å². The first-order valence-electron chi connectivity index (χ1n) is 7.33. The molecule has 5 heteroatoms. The molecular weight excluding hydrogens is 282 g/mol. The molecule has 2 aliphatic carbocycles.